The van der Waals surface area contributed by atoms with Crippen LogP contribution in [0.5, 0.6) is 0 Å². The first kappa shape index (κ1) is 13.9. The summed E-state index contributed by atoms with van der Waals surface area (Å²) in [7, 11) is -3.41. The molecule has 18 heavy (non-hydrogen) atoms. The van der Waals surface area contributed by atoms with Gasteiger partial charge in [-0.1, -0.05) is 30.5 Å². The van der Waals surface area contributed by atoms with Crippen LogP contribution in [0.25, 0.3) is 0 Å². The van der Waals surface area contributed by atoms with Crippen LogP contribution in [0.1, 0.15) is 31.2 Å². The van der Waals surface area contributed by atoms with Crippen LogP contribution in [0.2, 0.25) is 0 Å². The molecule has 0 bridgehead atoms. The molecule has 0 aliphatic heterocycles. The predicted octanol–water partition coefficient (Wildman–Crippen LogP) is 2.51. The molecule has 1 aliphatic rings. The maximum absolute atomic E-state index is 12.2. The number of hydrogen-bond acceptors (Lipinski definition) is 3. The van der Waals surface area contributed by atoms with Crippen molar-refractivity contribution in [3.63, 3.8) is 0 Å². The van der Waals surface area contributed by atoms with Crippen molar-refractivity contribution in [3.05, 3.63) is 29.8 Å². The third-order valence-electron chi connectivity index (χ3n) is 3.37. The SMILES string of the molecule is Cc1ccc(S(=O)(=O)N[C@@H]2CCCC[C@H]2S)cc1. The highest BCUT2D eigenvalue weighted by atomic mass is 32.2. The second-order valence-electron chi connectivity index (χ2n) is 4.89. The van der Waals surface area contributed by atoms with Crippen molar-refractivity contribution in [2.45, 2.75) is 48.8 Å². The third kappa shape index (κ3) is 3.28. The minimum Gasteiger partial charge on any atom is -0.207 e. The van der Waals surface area contributed by atoms with E-state index in [0.29, 0.717) is 4.90 Å². The third-order valence-corrected chi connectivity index (χ3v) is 5.49. The van der Waals surface area contributed by atoms with Crippen LogP contribution in [-0.2, 0) is 10.0 Å². The molecule has 1 fully saturated rings. The highest BCUT2D eigenvalue weighted by Gasteiger charge is 2.27. The van der Waals surface area contributed by atoms with E-state index >= 15 is 0 Å². The molecule has 0 saturated heterocycles. The fourth-order valence-corrected chi connectivity index (χ4v) is 4.05. The lowest BCUT2D eigenvalue weighted by Gasteiger charge is -2.28. The average Bonchev–Trinajstić information content (AvgIpc) is 2.32. The molecule has 2 atom stereocenters. The molecule has 0 radical (unpaired) electrons. The fourth-order valence-electron chi connectivity index (χ4n) is 2.23. The van der Waals surface area contributed by atoms with Crippen LogP contribution in [0.15, 0.2) is 29.2 Å². The van der Waals surface area contributed by atoms with Gasteiger partial charge in [0.15, 0.2) is 0 Å². The Morgan fingerprint density at radius 3 is 2.39 bits per heavy atom. The Morgan fingerprint density at radius 1 is 1.17 bits per heavy atom. The van der Waals surface area contributed by atoms with Gasteiger partial charge in [-0.05, 0) is 31.9 Å². The van der Waals surface area contributed by atoms with Gasteiger partial charge in [0.2, 0.25) is 10.0 Å². The highest BCUT2D eigenvalue weighted by Crippen LogP contribution is 2.24. The molecule has 0 heterocycles. The summed E-state index contributed by atoms with van der Waals surface area (Å²) in [5.41, 5.74) is 1.05. The molecule has 3 nitrogen and oxygen atoms in total. The van der Waals surface area contributed by atoms with E-state index in [2.05, 4.69) is 17.4 Å². The van der Waals surface area contributed by atoms with E-state index in [1.165, 1.54) is 0 Å². The second-order valence-corrected chi connectivity index (χ2v) is 7.27. The number of sulfonamides is 1. The number of hydrogen-bond donors (Lipinski definition) is 2. The zero-order chi connectivity index (χ0) is 13.2. The van der Waals surface area contributed by atoms with Gasteiger partial charge in [0, 0.05) is 11.3 Å². The first-order valence-electron chi connectivity index (χ1n) is 6.26. The number of thiol groups is 1. The summed E-state index contributed by atoms with van der Waals surface area (Å²) in [6, 6.07) is 6.87. The Morgan fingerprint density at radius 2 is 1.78 bits per heavy atom. The molecule has 1 saturated carbocycles. The molecule has 5 heteroatoms. The van der Waals surface area contributed by atoms with Crippen molar-refractivity contribution < 1.29 is 8.42 Å². The molecular weight excluding hydrogens is 266 g/mol. The Hall–Kier alpha value is -0.520. The van der Waals surface area contributed by atoms with Crippen LogP contribution in [0.4, 0.5) is 0 Å². The first-order valence-corrected chi connectivity index (χ1v) is 8.26. The minimum absolute atomic E-state index is 0.0478. The molecule has 2 rings (SSSR count). The van der Waals surface area contributed by atoms with Crippen LogP contribution < -0.4 is 4.72 Å². The van der Waals surface area contributed by atoms with E-state index in [1.54, 1.807) is 12.1 Å². The van der Waals surface area contributed by atoms with Crippen molar-refractivity contribution in [2.75, 3.05) is 0 Å². The lowest BCUT2D eigenvalue weighted by Crippen LogP contribution is -2.42. The largest absolute Gasteiger partial charge is 0.240 e. The number of rotatable bonds is 3. The summed E-state index contributed by atoms with van der Waals surface area (Å²) in [5.74, 6) is 0. The van der Waals surface area contributed by atoms with E-state index in [0.717, 1.165) is 31.2 Å². The molecule has 1 N–H and O–H groups in total. The zero-order valence-electron chi connectivity index (χ0n) is 10.5. The number of nitrogens with one attached hydrogen (secondary N) is 1. The lowest BCUT2D eigenvalue weighted by molar-refractivity contribution is 0.424. The fraction of sp³-hybridized carbons (Fsp3) is 0.538. The maximum Gasteiger partial charge on any atom is 0.240 e. The van der Waals surface area contributed by atoms with Gasteiger partial charge in [-0.15, -0.1) is 0 Å². The summed E-state index contributed by atoms with van der Waals surface area (Å²) >= 11 is 4.47. The first-order chi connectivity index (χ1) is 8.49. The molecule has 0 aromatic heterocycles. The molecular formula is C13H19NO2S2. The lowest BCUT2D eigenvalue weighted by atomic mass is 9.96. The van der Waals surface area contributed by atoms with Crippen molar-refractivity contribution >= 4 is 22.7 Å². The van der Waals surface area contributed by atoms with Crippen LogP contribution >= 0.6 is 12.6 Å². The quantitative estimate of drug-likeness (QED) is 0.838. The Bertz CT molecular complexity index is 496. The summed E-state index contributed by atoms with van der Waals surface area (Å²) in [5, 5.41) is 0.124. The topological polar surface area (TPSA) is 46.2 Å². The van der Waals surface area contributed by atoms with E-state index in [9.17, 15) is 8.42 Å². The van der Waals surface area contributed by atoms with Gasteiger partial charge in [-0.3, -0.25) is 0 Å². The van der Waals surface area contributed by atoms with E-state index in [1.807, 2.05) is 19.1 Å². The Kier molecular flexibility index (Phi) is 4.35. The van der Waals surface area contributed by atoms with Crippen LogP contribution in [0.3, 0.4) is 0 Å². The zero-order valence-corrected chi connectivity index (χ0v) is 12.2. The highest BCUT2D eigenvalue weighted by molar-refractivity contribution is 7.89. The molecule has 0 amide bonds. The van der Waals surface area contributed by atoms with Gasteiger partial charge in [0.1, 0.15) is 0 Å². The second kappa shape index (κ2) is 5.63. The molecule has 1 aliphatic carbocycles. The molecule has 1 aromatic carbocycles. The minimum atomic E-state index is -3.41. The molecule has 0 spiro atoms. The smallest absolute Gasteiger partial charge is 0.207 e. The van der Waals surface area contributed by atoms with Crippen molar-refractivity contribution in [2.24, 2.45) is 0 Å². The monoisotopic (exact) mass is 285 g/mol. The van der Waals surface area contributed by atoms with Crippen LogP contribution in [-0.4, -0.2) is 19.7 Å². The van der Waals surface area contributed by atoms with Crippen molar-refractivity contribution in [1.82, 2.24) is 4.72 Å². The summed E-state index contributed by atoms with van der Waals surface area (Å²) in [6.07, 6.45) is 4.05. The molecule has 0 unspecified atom stereocenters. The number of benzene rings is 1. The van der Waals surface area contributed by atoms with Gasteiger partial charge >= 0.3 is 0 Å². The number of aryl methyl sites for hydroxylation is 1. The standard InChI is InChI=1S/C13H19NO2S2/c1-10-6-8-11(9-7-10)18(15,16)14-12-4-2-3-5-13(12)17/h6-9,12-14,17H,2-5H2,1H3/t12-,13-/m1/s1. The van der Waals surface area contributed by atoms with Gasteiger partial charge in [0.25, 0.3) is 0 Å². The van der Waals surface area contributed by atoms with Crippen molar-refractivity contribution in [1.29, 1.82) is 0 Å². The van der Waals surface area contributed by atoms with Gasteiger partial charge in [0.05, 0.1) is 4.90 Å². The van der Waals surface area contributed by atoms with E-state index in [-0.39, 0.29) is 11.3 Å². The maximum atomic E-state index is 12.2. The average molecular weight is 285 g/mol. The van der Waals surface area contributed by atoms with Crippen molar-refractivity contribution in [3.8, 4) is 0 Å². The summed E-state index contributed by atoms with van der Waals surface area (Å²) in [4.78, 5) is 0.333. The van der Waals surface area contributed by atoms with Gasteiger partial charge in [-0.2, -0.15) is 12.6 Å². The van der Waals surface area contributed by atoms with E-state index < -0.39 is 10.0 Å². The summed E-state index contributed by atoms with van der Waals surface area (Å²) in [6.45, 7) is 1.94. The molecule has 1 aromatic rings. The Balaban J connectivity index is 2.13. The Labute approximate surface area is 114 Å². The normalized spacial score (nSPS) is 25.0. The van der Waals surface area contributed by atoms with Gasteiger partial charge < -0.3 is 0 Å². The molecule has 100 valence electrons. The van der Waals surface area contributed by atoms with E-state index in [4.69, 9.17) is 0 Å². The summed E-state index contributed by atoms with van der Waals surface area (Å²) < 4.78 is 27.2. The predicted molar refractivity (Wildman–Crippen MR) is 76.5 cm³/mol. The van der Waals surface area contributed by atoms with Gasteiger partial charge in [-0.25, -0.2) is 13.1 Å². The van der Waals surface area contributed by atoms with Crippen LogP contribution in [0, 0.1) is 6.92 Å².